The van der Waals surface area contributed by atoms with E-state index in [4.69, 9.17) is 0 Å². The standard InChI is InChI=1S/C15H18F3N5O2S/c16-15(17,18)8-23-11(24)7-22(14(23)25)10-3-5-21(6-4-10)13-19-12(20-26-13)9-1-2-9/h9-10H,1-8H2. The maximum Gasteiger partial charge on any atom is 0.406 e. The van der Waals surface area contributed by atoms with Crippen LogP contribution in [0, 0.1) is 0 Å². The first-order chi connectivity index (χ1) is 12.3. The van der Waals surface area contributed by atoms with E-state index in [2.05, 4.69) is 14.3 Å². The number of aromatic nitrogens is 2. The van der Waals surface area contributed by atoms with Crippen LogP contribution in [0.4, 0.5) is 23.1 Å². The minimum Gasteiger partial charge on any atom is -0.347 e. The van der Waals surface area contributed by atoms with E-state index >= 15 is 0 Å². The fourth-order valence-corrected chi connectivity index (χ4v) is 4.21. The van der Waals surface area contributed by atoms with E-state index in [0.29, 0.717) is 36.7 Å². The molecule has 0 aromatic carbocycles. The Hall–Kier alpha value is -1.91. The number of urea groups is 1. The van der Waals surface area contributed by atoms with Crippen LogP contribution in [-0.4, -0.2) is 69.5 Å². The zero-order chi connectivity index (χ0) is 18.5. The summed E-state index contributed by atoms with van der Waals surface area (Å²) < 4.78 is 42.0. The number of imide groups is 1. The van der Waals surface area contributed by atoms with E-state index in [0.717, 1.165) is 23.8 Å². The van der Waals surface area contributed by atoms with Crippen molar-refractivity contribution in [3.05, 3.63) is 5.82 Å². The van der Waals surface area contributed by atoms with Crippen molar-refractivity contribution in [1.82, 2.24) is 19.2 Å². The van der Waals surface area contributed by atoms with Gasteiger partial charge in [-0.2, -0.15) is 17.5 Å². The molecule has 2 saturated heterocycles. The number of piperidine rings is 1. The van der Waals surface area contributed by atoms with Crippen LogP contribution in [0.2, 0.25) is 0 Å². The lowest BCUT2D eigenvalue weighted by atomic mass is 10.0. The predicted molar refractivity (Wildman–Crippen MR) is 87.0 cm³/mol. The first-order valence-electron chi connectivity index (χ1n) is 8.58. The van der Waals surface area contributed by atoms with Crippen molar-refractivity contribution in [1.29, 1.82) is 0 Å². The number of rotatable bonds is 4. The van der Waals surface area contributed by atoms with Gasteiger partial charge in [-0.25, -0.2) is 9.78 Å². The molecule has 26 heavy (non-hydrogen) atoms. The number of carbonyl (C=O) groups excluding carboxylic acids is 2. The largest absolute Gasteiger partial charge is 0.406 e. The maximum absolute atomic E-state index is 12.5. The molecule has 1 aromatic rings. The van der Waals surface area contributed by atoms with Gasteiger partial charge >= 0.3 is 12.2 Å². The first kappa shape index (κ1) is 17.5. The number of anilines is 1. The summed E-state index contributed by atoms with van der Waals surface area (Å²) in [4.78, 5) is 32.3. The molecule has 3 fully saturated rings. The molecule has 0 radical (unpaired) electrons. The van der Waals surface area contributed by atoms with Crippen molar-refractivity contribution in [2.45, 2.75) is 43.8 Å². The van der Waals surface area contributed by atoms with Gasteiger partial charge in [-0.15, -0.1) is 0 Å². The van der Waals surface area contributed by atoms with Crippen LogP contribution in [0.3, 0.4) is 0 Å². The van der Waals surface area contributed by atoms with Crippen molar-refractivity contribution in [2.24, 2.45) is 0 Å². The third-order valence-corrected chi connectivity index (χ3v) is 5.76. The Morgan fingerprint density at radius 2 is 1.81 bits per heavy atom. The minimum absolute atomic E-state index is 0.225. The summed E-state index contributed by atoms with van der Waals surface area (Å²) in [5.74, 6) is 0.605. The van der Waals surface area contributed by atoms with Crippen molar-refractivity contribution in [3.8, 4) is 0 Å². The predicted octanol–water partition coefficient (Wildman–Crippen LogP) is 2.21. The van der Waals surface area contributed by atoms with Crippen molar-refractivity contribution in [2.75, 3.05) is 31.1 Å². The van der Waals surface area contributed by atoms with Gasteiger partial charge in [0.15, 0.2) is 0 Å². The van der Waals surface area contributed by atoms with E-state index in [1.54, 1.807) is 0 Å². The van der Waals surface area contributed by atoms with Crippen LogP contribution >= 0.6 is 11.5 Å². The highest BCUT2D eigenvalue weighted by Gasteiger charge is 2.45. The van der Waals surface area contributed by atoms with E-state index in [1.165, 1.54) is 16.4 Å². The molecular formula is C15H18F3N5O2S. The Kier molecular flexibility index (Phi) is 4.28. The van der Waals surface area contributed by atoms with Crippen LogP contribution in [0.25, 0.3) is 0 Å². The summed E-state index contributed by atoms with van der Waals surface area (Å²) in [5.41, 5.74) is 0. The molecule has 0 spiro atoms. The molecule has 142 valence electrons. The highest BCUT2D eigenvalue weighted by Crippen LogP contribution is 2.40. The number of amides is 3. The molecule has 3 amide bonds. The lowest BCUT2D eigenvalue weighted by molar-refractivity contribution is -0.151. The van der Waals surface area contributed by atoms with E-state index in [1.807, 2.05) is 0 Å². The van der Waals surface area contributed by atoms with E-state index in [9.17, 15) is 22.8 Å². The molecule has 0 N–H and O–H groups in total. The molecule has 11 heteroatoms. The van der Waals surface area contributed by atoms with Crippen LogP contribution in [-0.2, 0) is 4.79 Å². The monoisotopic (exact) mass is 389 g/mol. The molecule has 0 atom stereocenters. The maximum atomic E-state index is 12.5. The molecule has 1 aliphatic carbocycles. The number of alkyl halides is 3. The molecule has 4 rings (SSSR count). The van der Waals surface area contributed by atoms with Gasteiger partial charge in [-0.05, 0) is 25.7 Å². The molecule has 7 nitrogen and oxygen atoms in total. The SMILES string of the molecule is O=C1CN(C2CCN(c3nc(C4CC4)ns3)CC2)C(=O)N1CC(F)(F)F. The number of carbonyl (C=O) groups is 2. The molecule has 0 unspecified atom stereocenters. The highest BCUT2D eigenvalue weighted by molar-refractivity contribution is 7.09. The average molecular weight is 389 g/mol. The van der Waals surface area contributed by atoms with Gasteiger partial charge in [0.05, 0.1) is 0 Å². The zero-order valence-electron chi connectivity index (χ0n) is 13.9. The van der Waals surface area contributed by atoms with Crippen LogP contribution in [0.15, 0.2) is 0 Å². The summed E-state index contributed by atoms with van der Waals surface area (Å²) >= 11 is 1.36. The number of hydrogen-bond acceptors (Lipinski definition) is 6. The third kappa shape index (κ3) is 3.49. The molecule has 3 heterocycles. The third-order valence-electron chi connectivity index (χ3n) is 4.97. The summed E-state index contributed by atoms with van der Waals surface area (Å²) in [6, 6.07) is -1.06. The Bertz CT molecular complexity index is 712. The van der Waals surface area contributed by atoms with Crippen molar-refractivity contribution < 1.29 is 22.8 Å². The number of hydrogen-bond donors (Lipinski definition) is 0. The van der Waals surface area contributed by atoms with Gasteiger partial charge < -0.3 is 9.80 Å². The van der Waals surface area contributed by atoms with Crippen LogP contribution in [0.1, 0.15) is 37.4 Å². The van der Waals surface area contributed by atoms with E-state index < -0.39 is 24.7 Å². The second-order valence-corrected chi connectivity index (χ2v) is 7.66. The van der Waals surface area contributed by atoms with E-state index in [-0.39, 0.29) is 12.6 Å². The first-order valence-corrected chi connectivity index (χ1v) is 9.35. The minimum atomic E-state index is -4.58. The lowest BCUT2D eigenvalue weighted by Gasteiger charge is -2.35. The Morgan fingerprint density at radius 1 is 1.12 bits per heavy atom. The summed E-state index contributed by atoms with van der Waals surface area (Å²) in [5, 5.41) is 0.855. The van der Waals surface area contributed by atoms with Gasteiger partial charge in [0.25, 0.3) is 5.91 Å². The summed E-state index contributed by atoms with van der Waals surface area (Å²) in [6.45, 7) is -0.513. The van der Waals surface area contributed by atoms with Gasteiger partial charge in [0.2, 0.25) is 5.13 Å². The quantitative estimate of drug-likeness (QED) is 0.739. The van der Waals surface area contributed by atoms with Gasteiger partial charge in [0.1, 0.15) is 18.9 Å². The molecule has 1 aromatic heterocycles. The molecular weight excluding hydrogens is 371 g/mol. The molecule has 0 bridgehead atoms. The van der Waals surface area contributed by atoms with Crippen molar-refractivity contribution >= 4 is 28.6 Å². The van der Waals surface area contributed by atoms with Gasteiger partial charge in [-0.3, -0.25) is 9.69 Å². The lowest BCUT2D eigenvalue weighted by Crippen LogP contribution is -2.47. The number of halogens is 3. The van der Waals surface area contributed by atoms with Gasteiger partial charge in [-0.1, -0.05) is 0 Å². The highest BCUT2D eigenvalue weighted by atomic mass is 32.1. The molecule has 1 saturated carbocycles. The fourth-order valence-electron chi connectivity index (χ4n) is 3.41. The average Bonchev–Trinajstić information content (AvgIpc) is 3.26. The second kappa shape index (κ2) is 6.36. The Morgan fingerprint density at radius 3 is 2.42 bits per heavy atom. The fraction of sp³-hybridized carbons (Fsp3) is 0.733. The van der Waals surface area contributed by atoms with Crippen LogP contribution < -0.4 is 4.90 Å². The Labute approximate surface area is 151 Å². The van der Waals surface area contributed by atoms with Crippen LogP contribution in [0.5, 0.6) is 0 Å². The second-order valence-electron chi connectivity index (χ2n) is 6.93. The molecule has 2 aliphatic heterocycles. The zero-order valence-corrected chi connectivity index (χ0v) is 14.7. The van der Waals surface area contributed by atoms with Crippen molar-refractivity contribution in [3.63, 3.8) is 0 Å². The molecule has 3 aliphatic rings. The smallest absolute Gasteiger partial charge is 0.347 e. The topological polar surface area (TPSA) is 69.6 Å². The van der Waals surface area contributed by atoms with Gasteiger partial charge in [0, 0.05) is 36.6 Å². The number of nitrogens with zero attached hydrogens (tertiary/aromatic N) is 5. The summed E-state index contributed by atoms with van der Waals surface area (Å²) in [7, 11) is 0. The normalized spacial score (nSPS) is 22.7. The summed E-state index contributed by atoms with van der Waals surface area (Å²) in [6.07, 6.45) is -1.12. The Balaban J connectivity index is 1.35.